The maximum Gasteiger partial charge on any atom is 0.135 e. The van der Waals surface area contributed by atoms with Gasteiger partial charge < -0.3 is 5.73 Å². The summed E-state index contributed by atoms with van der Waals surface area (Å²) in [5, 5.41) is 8.28. The Morgan fingerprint density at radius 1 is 1.25 bits per heavy atom. The van der Waals surface area contributed by atoms with E-state index in [0.29, 0.717) is 12.2 Å². The molecule has 0 fully saturated rings. The molecule has 0 bridgehead atoms. The predicted molar refractivity (Wildman–Crippen MR) is 80.3 cm³/mol. The third-order valence-electron chi connectivity index (χ3n) is 3.43. The molecule has 0 atom stereocenters. The van der Waals surface area contributed by atoms with Crippen LogP contribution in [0.1, 0.15) is 58.1 Å². The van der Waals surface area contributed by atoms with Gasteiger partial charge in [-0.2, -0.15) is 0 Å². The van der Waals surface area contributed by atoms with E-state index >= 15 is 0 Å². The summed E-state index contributed by atoms with van der Waals surface area (Å²) in [6.07, 6.45) is 8.91. The molecule has 2 N–H and O–H groups in total. The Kier molecular flexibility index (Phi) is 8.11. The normalized spacial score (nSPS) is 11.2. The summed E-state index contributed by atoms with van der Waals surface area (Å²) in [6, 6.07) is 0. The first-order chi connectivity index (χ1) is 9.63. The van der Waals surface area contributed by atoms with Crippen molar-refractivity contribution in [2.24, 2.45) is 11.7 Å². The van der Waals surface area contributed by atoms with Crippen LogP contribution in [0, 0.1) is 5.92 Å². The molecule has 0 amide bonds. The zero-order chi connectivity index (χ0) is 14.8. The van der Waals surface area contributed by atoms with Crippen LogP contribution in [0.2, 0.25) is 0 Å². The lowest BCUT2D eigenvalue weighted by atomic mass is 10.0. The molecule has 0 aliphatic carbocycles. The largest absolute Gasteiger partial charge is 0.330 e. The van der Waals surface area contributed by atoms with Crippen molar-refractivity contribution >= 4 is 5.78 Å². The second kappa shape index (κ2) is 9.64. The minimum absolute atomic E-state index is 0.168. The number of ketones is 1. The molecule has 20 heavy (non-hydrogen) atoms. The Morgan fingerprint density at radius 2 is 2.05 bits per heavy atom. The van der Waals surface area contributed by atoms with E-state index in [9.17, 15) is 4.79 Å². The number of rotatable bonds is 11. The molecule has 0 aliphatic rings. The van der Waals surface area contributed by atoms with Gasteiger partial charge in [-0.25, -0.2) is 0 Å². The third kappa shape index (κ3) is 6.80. The molecule has 1 aromatic rings. The molecular weight excluding hydrogens is 252 g/mol. The van der Waals surface area contributed by atoms with Crippen LogP contribution in [0.25, 0.3) is 0 Å². The van der Waals surface area contributed by atoms with Crippen LogP contribution in [0.5, 0.6) is 0 Å². The van der Waals surface area contributed by atoms with Gasteiger partial charge in [-0.1, -0.05) is 25.5 Å². The maximum absolute atomic E-state index is 11.5. The minimum Gasteiger partial charge on any atom is -0.330 e. The van der Waals surface area contributed by atoms with Gasteiger partial charge in [-0.15, -0.1) is 5.10 Å². The van der Waals surface area contributed by atoms with Crippen LogP contribution in [-0.2, 0) is 17.8 Å². The number of nitrogens with zero attached hydrogens (tertiary/aromatic N) is 3. The number of aromatic nitrogens is 3. The highest BCUT2D eigenvalue weighted by atomic mass is 16.1. The highest BCUT2D eigenvalue weighted by molar-refractivity contribution is 5.80. The lowest BCUT2D eigenvalue weighted by Gasteiger charge is -2.03. The fourth-order valence-electron chi connectivity index (χ4n) is 2.05. The molecule has 0 unspecified atom stereocenters. The number of carbonyl (C=O) groups is 1. The van der Waals surface area contributed by atoms with Crippen molar-refractivity contribution in [2.45, 2.75) is 65.3 Å². The average Bonchev–Trinajstić information content (AvgIpc) is 2.86. The molecule has 5 heteroatoms. The zero-order valence-electron chi connectivity index (χ0n) is 12.8. The molecule has 0 aliphatic heterocycles. The van der Waals surface area contributed by atoms with Crippen molar-refractivity contribution in [3.63, 3.8) is 0 Å². The number of hydrogen-bond donors (Lipinski definition) is 1. The van der Waals surface area contributed by atoms with Gasteiger partial charge >= 0.3 is 0 Å². The highest BCUT2D eigenvalue weighted by Crippen LogP contribution is 2.07. The summed E-state index contributed by atoms with van der Waals surface area (Å²) < 4.78 is 1.90. The molecular formula is C15H28N4O. The van der Waals surface area contributed by atoms with Gasteiger partial charge in [-0.05, 0) is 38.6 Å². The number of aryl methyl sites for hydroxylation is 2. The summed E-state index contributed by atoms with van der Waals surface area (Å²) in [7, 11) is 0. The van der Waals surface area contributed by atoms with Crippen molar-refractivity contribution in [3.8, 4) is 0 Å². The Bertz CT molecular complexity index is 387. The SMILES string of the molecule is CC(C)C(=O)CCCCCn1cc(CCCCN)nn1. The van der Waals surface area contributed by atoms with Crippen molar-refractivity contribution < 1.29 is 4.79 Å². The van der Waals surface area contributed by atoms with E-state index in [-0.39, 0.29) is 5.92 Å². The van der Waals surface area contributed by atoms with E-state index < -0.39 is 0 Å². The van der Waals surface area contributed by atoms with Crippen LogP contribution < -0.4 is 5.73 Å². The molecule has 0 aromatic carbocycles. The smallest absolute Gasteiger partial charge is 0.135 e. The van der Waals surface area contributed by atoms with Gasteiger partial charge in [0.05, 0.1) is 5.69 Å². The van der Waals surface area contributed by atoms with E-state index in [4.69, 9.17) is 5.73 Å². The summed E-state index contributed by atoms with van der Waals surface area (Å²) in [6.45, 7) is 5.55. The minimum atomic E-state index is 0.168. The third-order valence-corrected chi connectivity index (χ3v) is 3.43. The van der Waals surface area contributed by atoms with Gasteiger partial charge in [0.1, 0.15) is 5.78 Å². The van der Waals surface area contributed by atoms with E-state index in [1.165, 1.54) is 0 Å². The van der Waals surface area contributed by atoms with Crippen LogP contribution in [0.3, 0.4) is 0 Å². The molecule has 0 saturated carbocycles. The van der Waals surface area contributed by atoms with Crippen LogP contribution in [0.15, 0.2) is 6.20 Å². The molecule has 1 aromatic heterocycles. The molecule has 0 spiro atoms. The standard InChI is InChI=1S/C15H28N4O/c1-13(2)15(20)9-4-3-7-11-19-12-14(17-18-19)8-5-6-10-16/h12-13H,3-11,16H2,1-2H3. The van der Waals surface area contributed by atoms with Gasteiger partial charge in [0.15, 0.2) is 0 Å². The Balaban J connectivity index is 2.11. The van der Waals surface area contributed by atoms with Crippen LogP contribution in [-0.4, -0.2) is 27.3 Å². The Hall–Kier alpha value is -1.23. The monoisotopic (exact) mass is 280 g/mol. The quantitative estimate of drug-likeness (QED) is 0.631. The van der Waals surface area contributed by atoms with Crippen molar-refractivity contribution in [2.75, 3.05) is 6.54 Å². The van der Waals surface area contributed by atoms with E-state index in [1.54, 1.807) is 0 Å². The Morgan fingerprint density at radius 3 is 2.75 bits per heavy atom. The maximum atomic E-state index is 11.5. The predicted octanol–water partition coefficient (Wildman–Crippen LogP) is 2.35. The summed E-state index contributed by atoms with van der Waals surface area (Å²) in [5.41, 5.74) is 6.52. The first kappa shape index (κ1) is 16.8. The van der Waals surface area contributed by atoms with Gasteiger partial charge in [0, 0.05) is 25.1 Å². The van der Waals surface area contributed by atoms with Crippen LogP contribution in [0.4, 0.5) is 0 Å². The van der Waals surface area contributed by atoms with Gasteiger partial charge in [-0.3, -0.25) is 9.48 Å². The van der Waals surface area contributed by atoms with Gasteiger partial charge in [0.2, 0.25) is 0 Å². The van der Waals surface area contributed by atoms with Crippen molar-refractivity contribution in [1.82, 2.24) is 15.0 Å². The number of hydrogen-bond acceptors (Lipinski definition) is 4. The zero-order valence-corrected chi connectivity index (χ0v) is 12.8. The number of carbonyl (C=O) groups excluding carboxylic acids is 1. The summed E-state index contributed by atoms with van der Waals surface area (Å²) in [4.78, 5) is 11.5. The van der Waals surface area contributed by atoms with Gasteiger partial charge in [0.25, 0.3) is 0 Å². The van der Waals surface area contributed by atoms with Crippen molar-refractivity contribution in [3.05, 3.63) is 11.9 Å². The summed E-state index contributed by atoms with van der Waals surface area (Å²) in [5.74, 6) is 0.536. The lowest BCUT2D eigenvalue weighted by molar-refractivity contribution is -0.122. The molecule has 1 rings (SSSR count). The lowest BCUT2D eigenvalue weighted by Crippen LogP contribution is -2.06. The molecule has 0 radical (unpaired) electrons. The number of Topliss-reactive ketones (excluding diaryl/α,β-unsaturated/α-hetero) is 1. The molecule has 1 heterocycles. The van der Waals surface area contributed by atoms with Crippen LogP contribution >= 0.6 is 0 Å². The van der Waals surface area contributed by atoms with E-state index in [1.807, 2.05) is 24.7 Å². The first-order valence-corrected chi connectivity index (χ1v) is 7.75. The molecule has 0 saturated heterocycles. The number of unbranched alkanes of at least 4 members (excludes halogenated alkanes) is 3. The van der Waals surface area contributed by atoms with E-state index in [2.05, 4.69) is 10.3 Å². The molecule has 5 nitrogen and oxygen atoms in total. The van der Waals surface area contributed by atoms with E-state index in [0.717, 1.165) is 57.3 Å². The number of nitrogens with two attached hydrogens (primary N) is 1. The topological polar surface area (TPSA) is 73.8 Å². The van der Waals surface area contributed by atoms with Crippen molar-refractivity contribution in [1.29, 1.82) is 0 Å². The summed E-state index contributed by atoms with van der Waals surface area (Å²) >= 11 is 0. The molecule has 114 valence electrons. The fraction of sp³-hybridized carbons (Fsp3) is 0.800. The Labute approximate surface area is 121 Å². The first-order valence-electron chi connectivity index (χ1n) is 7.75. The second-order valence-corrected chi connectivity index (χ2v) is 5.65. The highest BCUT2D eigenvalue weighted by Gasteiger charge is 2.06. The average molecular weight is 280 g/mol. The fourth-order valence-corrected chi connectivity index (χ4v) is 2.05. The second-order valence-electron chi connectivity index (χ2n) is 5.65.